The fraction of sp³-hybridized carbons (Fsp3) is 0.214. The van der Waals surface area contributed by atoms with E-state index >= 15 is 0 Å². The van der Waals surface area contributed by atoms with Crippen LogP contribution in [0.5, 0.6) is 0 Å². The molecule has 0 spiro atoms. The average molecular weight is 297 g/mol. The minimum Gasteiger partial charge on any atom is -0.391 e. The summed E-state index contributed by atoms with van der Waals surface area (Å²) >= 11 is 0. The molecular weight excluding hydrogens is 283 g/mol. The van der Waals surface area contributed by atoms with E-state index in [2.05, 4.69) is 10.1 Å². The topological polar surface area (TPSA) is 63.4 Å². The maximum atomic E-state index is 12.4. The van der Waals surface area contributed by atoms with Crippen molar-refractivity contribution in [1.29, 1.82) is 0 Å². The van der Waals surface area contributed by atoms with Gasteiger partial charge < -0.3 is 15.6 Å². The highest BCUT2D eigenvalue weighted by Crippen LogP contribution is 2.29. The van der Waals surface area contributed by atoms with Gasteiger partial charge >= 0.3 is 6.18 Å². The van der Waals surface area contributed by atoms with Gasteiger partial charge in [-0.1, -0.05) is 17.3 Å². The number of anilines is 1. The summed E-state index contributed by atoms with van der Waals surface area (Å²) in [5.41, 5.74) is 6.78. The zero-order valence-electron chi connectivity index (χ0n) is 11.2. The van der Waals surface area contributed by atoms with E-state index in [4.69, 9.17) is 10.6 Å². The highest BCUT2D eigenvalue weighted by Gasteiger charge is 2.29. The number of nitrogens with two attached hydrogens (primary N) is 1. The van der Waals surface area contributed by atoms with Gasteiger partial charge in [-0.15, -0.1) is 0 Å². The molecule has 0 amide bonds. The van der Waals surface area contributed by atoms with E-state index in [1.54, 1.807) is 19.1 Å². The van der Waals surface area contributed by atoms with Crippen molar-refractivity contribution in [2.75, 3.05) is 5.73 Å². The Bertz CT molecular complexity index is 630. The van der Waals surface area contributed by atoms with Gasteiger partial charge in [-0.25, -0.2) is 0 Å². The van der Waals surface area contributed by atoms with Gasteiger partial charge in [0.05, 0.1) is 11.3 Å². The first-order valence-electron chi connectivity index (χ1n) is 6.14. The molecular formula is C14H14F3N3O. The van der Waals surface area contributed by atoms with Crippen LogP contribution in [0.3, 0.4) is 0 Å². The van der Waals surface area contributed by atoms with Crippen molar-refractivity contribution < 1.29 is 18.0 Å². The number of aromatic nitrogens is 1. The maximum absolute atomic E-state index is 12.4. The van der Waals surface area contributed by atoms with E-state index in [1.807, 2.05) is 0 Å². The number of nitrogen functional groups attached to an aromatic ring is 1. The van der Waals surface area contributed by atoms with Crippen LogP contribution in [0.25, 0.3) is 0 Å². The number of benzene rings is 1. The van der Waals surface area contributed by atoms with Crippen molar-refractivity contribution >= 4 is 11.5 Å². The molecule has 21 heavy (non-hydrogen) atoms. The first kappa shape index (κ1) is 15.0. The highest BCUT2D eigenvalue weighted by molar-refractivity contribution is 5.97. The summed E-state index contributed by atoms with van der Waals surface area (Å²) in [5, 5.41) is 3.88. The molecule has 0 saturated heterocycles. The largest absolute Gasteiger partial charge is 0.416 e. The second kappa shape index (κ2) is 5.90. The Balaban J connectivity index is 1.94. The number of rotatable bonds is 4. The SMILES string of the molecule is CC(=NOCc1ccc(C(F)(F)F)cc1)c1ccc(N)[nH]1. The molecule has 0 radical (unpaired) electrons. The van der Waals surface area contributed by atoms with Crippen molar-refractivity contribution in [2.45, 2.75) is 19.7 Å². The van der Waals surface area contributed by atoms with E-state index in [9.17, 15) is 13.2 Å². The van der Waals surface area contributed by atoms with Gasteiger partial charge in [0, 0.05) is 0 Å². The Hall–Kier alpha value is -2.44. The van der Waals surface area contributed by atoms with E-state index in [-0.39, 0.29) is 6.61 Å². The first-order valence-corrected chi connectivity index (χ1v) is 6.14. The van der Waals surface area contributed by atoms with Gasteiger partial charge in [-0.05, 0) is 36.8 Å². The zero-order valence-corrected chi connectivity index (χ0v) is 11.2. The molecule has 0 aliphatic rings. The molecule has 1 heterocycles. The quantitative estimate of drug-likeness (QED) is 0.669. The molecule has 1 aromatic carbocycles. The molecule has 0 atom stereocenters. The maximum Gasteiger partial charge on any atom is 0.416 e. The van der Waals surface area contributed by atoms with Crippen LogP contribution in [0.2, 0.25) is 0 Å². The number of hydrogen-bond donors (Lipinski definition) is 2. The number of nitrogens with zero attached hydrogens (tertiary/aromatic N) is 1. The summed E-state index contributed by atoms with van der Waals surface area (Å²) in [7, 11) is 0. The summed E-state index contributed by atoms with van der Waals surface area (Å²) in [6.45, 7) is 1.82. The summed E-state index contributed by atoms with van der Waals surface area (Å²) in [6, 6.07) is 8.21. The third-order valence-corrected chi connectivity index (χ3v) is 2.81. The van der Waals surface area contributed by atoms with Crippen LogP contribution in [0.1, 0.15) is 23.7 Å². The van der Waals surface area contributed by atoms with E-state index < -0.39 is 11.7 Å². The van der Waals surface area contributed by atoms with Crippen LogP contribution < -0.4 is 5.73 Å². The molecule has 0 bridgehead atoms. The minimum atomic E-state index is -4.33. The van der Waals surface area contributed by atoms with Crippen LogP contribution in [-0.2, 0) is 17.6 Å². The van der Waals surface area contributed by atoms with Crippen LogP contribution in [0.15, 0.2) is 41.6 Å². The lowest BCUT2D eigenvalue weighted by atomic mass is 10.1. The highest BCUT2D eigenvalue weighted by atomic mass is 19.4. The first-order chi connectivity index (χ1) is 9.86. The number of nitrogens with one attached hydrogen (secondary N) is 1. The lowest BCUT2D eigenvalue weighted by Crippen LogP contribution is -2.04. The second-order valence-electron chi connectivity index (χ2n) is 4.47. The lowest BCUT2D eigenvalue weighted by molar-refractivity contribution is -0.137. The molecule has 4 nitrogen and oxygen atoms in total. The van der Waals surface area contributed by atoms with E-state index in [0.29, 0.717) is 17.1 Å². The third-order valence-electron chi connectivity index (χ3n) is 2.81. The molecule has 0 saturated carbocycles. The minimum absolute atomic E-state index is 0.0890. The Kier molecular flexibility index (Phi) is 4.21. The van der Waals surface area contributed by atoms with Crippen molar-refractivity contribution in [1.82, 2.24) is 4.98 Å². The van der Waals surface area contributed by atoms with Gasteiger partial charge in [-0.3, -0.25) is 0 Å². The molecule has 0 aliphatic carbocycles. The van der Waals surface area contributed by atoms with E-state index in [0.717, 1.165) is 17.8 Å². The Labute approximate surface area is 119 Å². The predicted octanol–water partition coefficient (Wildman–Crippen LogP) is 3.56. The van der Waals surface area contributed by atoms with Crippen molar-refractivity contribution in [3.05, 3.63) is 53.2 Å². The number of alkyl halides is 3. The van der Waals surface area contributed by atoms with Crippen molar-refractivity contribution in [2.24, 2.45) is 5.16 Å². The normalized spacial score (nSPS) is 12.5. The summed E-state index contributed by atoms with van der Waals surface area (Å²) in [4.78, 5) is 8.01. The standard InChI is InChI=1S/C14H14F3N3O/c1-9(12-6-7-13(18)19-12)20-21-8-10-2-4-11(5-3-10)14(15,16)17/h2-7,19H,8,18H2,1H3. The predicted molar refractivity (Wildman–Crippen MR) is 73.6 cm³/mol. The fourth-order valence-electron chi connectivity index (χ4n) is 1.67. The average Bonchev–Trinajstić information content (AvgIpc) is 2.85. The van der Waals surface area contributed by atoms with Gasteiger partial charge in [-0.2, -0.15) is 13.2 Å². The van der Waals surface area contributed by atoms with Crippen LogP contribution in [0.4, 0.5) is 19.0 Å². The van der Waals surface area contributed by atoms with Crippen LogP contribution in [-0.4, -0.2) is 10.7 Å². The van der Waals surface area contributed by atoms with Crippen LogP contribution >= 0.6 is 0 Å². The smallest absolute Gasteiger partial charge is 0.391 e. The van der Waals surface area contributed by atoms with Crippen molar-refractivity contribution in [3.8, 4) is 0 Å². The number of oxime groups is 1. The van der Waals surface area contributed by atoms with Gasteiger partial charge in [0.1, 0.15) is 18.1 Å². The molecule has 2 aromatic rings. The number of aromatic amines is 1. The summed E-state index contributed by atoms with van der Waals surface area (Å²) in [6.07, 6.45) is -4.33. The Morgan fingerprint density at radius 2 is 1.86 bits per heavy atom. The Morgan fingerprint density at radius 1 is 1.19 bits per heavy atom. The van der Waals surface area contributed by atoms with Crippen LogP contribution in [0, 0.1) is 0 Å². The van der Waals surface area contributed by atoms with Crippen molar-refractivity contribution in [3.63, 3.8) is 0 Å². The summed E-state index contributed by atoms with van der Waals surface area (Å²) < 4.78 is 37.2. The molecule has 7 heteroatoms. The lowest BCUT2D eigenvalue weighted by Gasteiger charge is -2.07. The van der Waals surface area contributed by atoms with E-state index in [1.165, 1.54) is 12.1 Å². The summed E-state index contributed by atoms with van der Waals surface area (Å²) in [5.74, 6) is 0.516. The Morgan fingerprint density at radius 3 is 2.38 bits per heavy atom. The monoisotopic (exact) mass is 297 g/mol. The molecule has 1 aromatic heterocycles. The molecule has 0 fully saturated rings. The van der Waals surface area contributed by atoms with Gasteiger partial charge in [0.25, 0.3) is 0 Å². The van der Waals surface area contributed by atoms with Gasteiger partial charge in [0.15, 0.2) is 0 Å². The molecule has 0 unspecified atom stereocenters. The zero-order chi connectivity index (χ0) is 15.5. The molecule has 2 rings (SSSR count). The number of H-pyrrole nitrogens is 1. The van der Waals surface area contributed by atoms with Gasteiger partial charge in [0.2, 0.25) is 0 Å². The molecule has 0 aliphatic heterocycles. The number of halogens is 3. The molecule has 3 N–H and O–H groups in total. The third kappa shape index (κ3) is 4.01. The fourth-order valence-corrected chi connectivity index (χ4v) is 1.67. The second-order valence-corrected chi connectivity index (χ2v) is 4.47. The molecule has 112 valence electrons. The number of hydrogen-bond acceptors (Lipinski definition) is 3.